The molecule has 96 valence electrons. The number of methoxy groups -OCH3 is 1. The molecule has 0 heterocycles. The maximum atomic E-state index is 14.4. The fourth-order valence-corrected chi connectivity index (χ4v) is 2.97. The lowest BCUT2D eigenvalue weighted by atomic mass is 9.71. The third kappa shape index (κ3) is 1.88. The van der Waals surface area contributed by atoms with E-state index >= 15 is 0 Å². The minimum Gasteiger partial charge on any atom is -0.496 e. The zero-order valence-electron chi connectivity index (χ0n) is 10.2. The van der Waals surface area contributed by atoms with Crippen molar-refractivity contribution >= 4 is 22.0 Å². The van der Waals surface area contributed by atoms with Crippen LogP contribution < -0.4 is 4.74 Å². The molecule has 1 aromatic rings. The number of benzene rings is 1. The Bertz CT molecular complexity index is 534. The lowest BCUT2D eigenvalue weighted by Crippen LogP contribution is -2.33. The average molecular weight is 314 g/mol. The molecule has 0 atom stereocenters. The number of rotatable bonds is 3. The first-order valence-corrected chi connectivity index (χ1v) is 6.47. The first kappa shape index (κ1) is 13.2. The number of aliphatic imine (C=N–C) groups is 1. The van der Waals surface area contributed by atoms with Crippen molar-refractivity contribution in [1.29, 1.82) is 0 Å². The van der Waals surface area contributed by atoms with Crippen LogP contribution in [-0.2, 0) is 10.3 Å². The lowest BCUT2D eigenvalue weighted by molar-refractivity contribution is 0.236. The summed E-state index contributed by atoms with van der Waals surface area (Å²) in [7, 11) is 1.50. The van der Waals surface area contributed by atoms with E-state index in [0.29, 0.717) is 28.6 Å². The summed E-state index contributed by atoms with van der Waals surface area (Å²) >= 11 is 3.19. The summed E-state index contributed by atoms with van der Waals surface area (Å²) in [6, 6.07) is 1.66. The van der Waals surface area contributed by atoms with Crippen LogP contribution in [-0.4, -0.2) is 13.2 Å². The monoisotopic (exact) mass is 313 g/mol. The van der Waals surface area contributed by atoms with Crippen molar-refractivity contribution in [1.82, 2.24) is 0 Å². The summed E-state index contributed by atoms with van der Waals surface area (Å²) in [5.41, 5.74) is 0.380. The zero-order chi connectivity index (χ0) is 13.3. The van der Waals surface area contributed by atoms with E-state index in [0.717, 1.165) is 12.0 Å². The standard InChI is InChI=1S/C13H13BrFNO2/c1-8-6-9(14)11(15)10(12(8)18-2)13(16-7-17)4-3-5-13/h6H,3-5H2,1-2H3. The van der Waals surface area contributed by atoms with Gasteiger partial charge in [-0.15, -0.1) is 0 Å². The van der Waals surface area contributed by atoms with Gasteiger partial charge in [-0.05, 0) is 53.7 Å². The fourth-order valence-electron chi connectivity index (χ4n) is 2.43. The number of nitrogens with zero attached hydrogens (tertiary/aromatic N) is 1. The summed E-state index contributed by atoms with van der Waals surface area (Å²) in [5.74, 6) is 0.0607. The Labute approximate surface area is 113 Å². The number of isocyanates is 1. The second-order valence-corrected chi connectivity index (χ2v) is 5.34. The molecule has 1 aromatic carbocycles. The Kier molecular flexibility index (Phi) is 3.55. The largest absolute Gasteiger partial charge is 0.496 e. The zero-order valence-corrected chi connectivity index (χ0v) is 11.8. The molecule has 0 unspecified atom stereocenters. The van der Waals surface area contributed by atoms with Gasteiger partial charge in [-0.2, -0.15) is 4.99 Å². The molecule has 18 heavy (non-hydrogen) atoms. The van der Waals surface area contributed by atoms with E-state index in [4.69, 9.17) is 4.74 Å². The van der Waals surface area contributed by atoms with Crippen LogP contribution in [0.2, 0.25) is 0 Å². The maximum Gasteiger partial charge on any atom is 0.235 e. The van der Waals surface area contributed by atoms with Crippen LogP contribution in [0.3, 0.4) is 0 Å². The van der Waals surface area contributed by atoms with Gasteiger partial charge in [0.05, 0.1) is 17.1 Å². The van der Waals surface area contributed by atoms with Crippen LogP contribution in [0.5, 0.6) is 5.75 Å². The van der Waals surface area contributed by atoms with Crippen molar-refractivity contribution < 1.29 is 13.9 Å². The quantitative estimate of drug-likeness (QED) is 0.631. The van der Waals surface area contributed by atoms with Gasteiger partial charge in [-0.1, -0.05) is 0 Å². The highest BCUT2D eigenvalue weighted by molar-refractivity contribution is 9.10. The first-order valence-electron chi connectivity index (χ1n) is 5.68. The molecule has 0 radical (unpaired) electrons. The molecule has 0 aromatic heterocycles. The number of ether oxygens (including phenoxy) is 1. The first-order chi connectivity index (χ1) is 8.55. The summed E-state index contributed by atoms with van der Waals surface area (Å²) in [5, 5.41) is 0. The van der Waals surface area contributed by atoms with Crippen molar-refractivity contribution in [2.75, 3.05) is 7.11 Å². The lowest BCUT2D eigenvalue weighted by Gasteiger charge is -2.38. The summed E-state index contributed by atoms with van der Waals surface area (Å²) in [6.45, 7) is 1.84. The third-order valence-corrected chi connectivity index (χ3v) is 4.04. The van der Waals surface area contributed by atoms with Gasteiger partial charge in [0, 0.05) is 0 Å². The Morgan fingerprint density at radius 2 is 2.22 bits per heavy atom. The summed E-state index contributed by atoms with van der Waals surface area (Å²) < 4.78 is 20.0. The second-order valence-electron chi connectivity index (χ2n) is 4.49. The van der Waals surface area contributed by atoms with Crippen LogP contribution in [0.25, 0.3) is 0 Å². The van der Waals surface area contributed by atoms with Crippen LogP contribution in [0.4, 0.5) is 4.39 Å². The van der Waals surface area contributed by atoms with Gasteiger partial charge in [0.1, 0.15) is 17.1 Å². The van der Waals surface area contributed by atoms with E-state index in [1.807, 2.05) is 6.92 Å². The molecule has 0 bridgehead atoms. The predicted octanol–water partition coefficient (Wildman–Crippen LogP) is 3.62. The SMILES string of the molecule is COc1c(C)cc(Br)c(F)c1C1(N=C=O)CCC1. The van der Waals surface area contributed by atoms with Crippen molar-refractivity contribution in [3.05, 3.63) is 27.5 Å². The van der Waals surface area contributed by atoms with Gasteiger partial charge in [0.2, 0.25) is 6.08 Å². The van der Waals surface area contributed by atoms with E-state index in [2.05, 4.69) is 20.9 Å². The van der Waals surface area contributed by atoms with Crippen molar-refractivity contribution in [3.63, 3.8) is 0 Å². The van der Waals surface area contributed by atoms with E-state index in [9.17, 15) is 9.18 Å². The fraction of sp³-hybridized carbons (Fsp3) is 0.462. The van der Waals surface area contributed by atoms with Crippen LogP contribution in [0, 0.1) is 12.7 Å². The van der Waals surface area contributed by atoms with Crippen LogP contribution in [0.1, 0.15) is 30.4 Å². The van der Waals surface area contributed by atoms with Crippen molar-refractivity contribution in [2.45, 2.75) is 31.7 Å². The van der Waals surface area contributed by atoms with Crippen molar-refractivity contribution in [2.24, 2.45) is 4.99 Å². The number of hydrogen-bond acceptors (Lipinski definition) is 3. The Morgan fingerprint density at radius 1 is 1.56 bits per heavy atom. The highest BCUT2D eigenvalue weighted by Crippen LogP contribution is 2.50. The number of hydrogen-bond donors (Lipinski definition) is 0. The van der Waals surface area contributed by atoms with Gasteiger partial charge in [-0.25, -0.2) is 9.18 Å². The third-order valence-electron chi connectivity index (χ3n) is 3.47. The molecule has 0 saturated heterocycles. The molecular formula is C13H13BrFNO2. The summed E-state index contributed by atoms with van der Waals surface area (Å²) in [4.78, 5) is 14.4. The molecular weight excluding hydrogens is 301 g/mol. The van der Waals surface area contributed by atoms with Gasteiger partial charge in [-0.3, -0.25) is 0 Å². The highest BCUT2D eigenvalue weighted by atomic mass is 79.9. The van der Waals surface area contributed by atoms with Crippen LogP contribution >= 0.6 is 15.9 Å². The Morgan fingerprint density at radius 3 is 2.67 bits per heavy atom. The Hall–Kier alpha value is -1.19. The average Bonchev–Trinajstić information content (AvgIpc) is 2.28. The molecule has 1 fully saturated rings. The molecule has 0 N–H and O–H groups in total. The van der Waals surface area contributed by atoms with E-state index in [1.54, 1.807) is 12.1 Å². The van der Waals surface area contributed by atoms with E-state index in [-0.39, 0.29) is 0 Å². The smallest absolute Gasteiger partial charge is 0.235 e. The normalized spacial score (nSPS) is 16.7. The topological polar surface area (TPSA) is 38.7 Å². The Balaban J connectivity index is 2.72. The van der Waals surface area contributed by atoms with Gasteiger partial charge < -0.3 is 4.74 Å². The highest BCUT2D eigenvalue weighted by Gasteiger charge is 2.44. The van der Waals surface area contributed by atoms with Crippen molar-refractivity contribution in [3.8, 4) is 5.75 Å². The molecule has 0 amide bonds. The number of halogens is 2. The van der Waals surface area contributed by atoms with Gasteiger partial charge >= 0.3 is 0 Å². The molecule has 2 rings (SSSR count). The number of carbonyl (C=O) groups excluding carboxylic acids is 1. The minimum atomic E-state index is -0.800. The number of aryl methyl sites for hydroxylation is 1. The van der Waals surface area contributed by atoms with E-state index < -0.39 is 11.4 Å². The van der Waals surface area contributed by atoms with E-state index in [1.165, 1.54) is 7.11 Å². The predicted molar refractivity (Wildman–Crippen MR) is 69.0 cm³/mol. The molecule has 5 heteroatoms. The minimum absolute atomic E-state index is 0.364. The molecule has 0 spiro atoms. The summed E-state index contributed by atoms with van der Waals surface area (Å²) in [6.07, 6.45) is 3.77. The van der Waals surface area contributed by atoms with Gasteiger partial charge in [0.25, 0.3) is 0 Å². The molecule has 1 aliphatic rings. The molecule has 3 nitrogen and oxygen atoms in total. The van der Waals surface area contributed by atoms with Gasteiger partial charge in [0.15, 0.2) is 0 Å². The molecule has 1 aliphatic carbocycles. The molecule has 0 aliphatic heterocycles. The second kappa shape index (κ2) is 4.82. The molecule has 1 saturated carbocycles. The maximum absolute atomic E-state index is 14.4. The van der Waals surface area contributed by atoms with Crippen LogP contribution in [0.15, 0.2) is 15.5 Å².